The summed E-state index contributed by atoms with van der Waals surface area (Å²) in [5, 5.41) is 8.52. The molecule has 0 aliphatic heterocycles. The highest BCUT2D eigenvalue weighted by molar-refractivity contribution is 5.80. The first-order valence-corrected chi connectivity index (χ1v) is 4.35. The Morgan fingerprint density at radius 3 is 2.50 bits per heavy atom. The van der Waals surface area contributed by atoms with Crippen LogP contribution in [-0.2, 0) is 4.79 Å². The van der Waals surface area contributed by atoms with Gasteiger partial charge in [-0.3, -0.25) is 4.79 Å². The molecule has 1 unspecified atom stereocenters. The lowest BCUT2D eigenvalue weighted by Crippen LogP contribution is -2.35. The molecule has 0 aromatic carbocycles. The van der Waals surface area contributed by atoms with Gasteiger partial charge in [0.15, 0.2) is 0 Å². The summed E-state index contributed by atoms with van der Waals surface area (Å²) in [5.41, 5.74) is 0. The Labute approximate surface area is 74.0 Å². The topological polar surface area (TPSA) is 44.1 Å². The van der Waals surface area contributed by atoms with E-state index in [1.807, 2.05) is 19.9 Å². The number of carbonyl (C=O) groups excluding carboxylic acids is 1. The van der Waals surface area contributed by atoms with Crippen LogP contribution in [0.15, 0.2) is 0 Å². The lowest BCUT2D eigenvalue weighted by molar-refractivity contribution is -0.133. The molecule has 0 radical (unpaired) electrons. The number of nitriles is 1. The van der Waals surface area contributed by atoms with E-state index < -0.39 is 5.92 Å². The summed E-state index contributed by atoms with van der Waals surface area (Å²) >= 11 is 0. The minimum Gasteiger partial charge on any atom is -0.342 e. The van der Waals surface area contributed by atoms with Crippen molar-refractivity contribution in [3.8, 4) is 6.07 Å². The average Bonchev–Trinajstić information content (AvgIpc) is 2.11. The van der Waals surface area contributed by atoms with Crippen molar-refractivity contribution < 1.29 is 4.79 Å². The number of nitrogens with zero attached hydrogens (tertiary/aromatic N) is 2. The summed E-state index contributed by atoms with van der Waals surface area (Å²) in [5.74, 6) is -0.557. The fourth-order valence-corrected chi connectivity index (χ4v) is 1.02. The minimum absolute atomic E-state index is 0.0538. The van der Waals surface area contributed by atoms with Crippen molar-refractivity contribution in [1.82, 2.24) is 4.90 Å². The molecule has 3 nitrogen and oxygen atoms in total. The van der Waals surface area contributed by atoms with Crippen LogP contribution in [0.4, 0.5) is 0 Å². The number of rotatable bonds is 4. The zero-order valence-electron chi connectivity index (χ0n) is 8.00. The molecule has 0 bridgehead atoms. The molecule has 12 heavy (non-hydrogen) atoms. The lowest BCUT2D eigenvalue weighted by Gasteiger charge is -2.20. The van der Waals surface area contributed by atoms with Gasteiger partial charge in [0.2, 0.25) is 5.91 Å². The van der Waals surface area contributed by atoms with Gasteiger partial charge in [-0.05, 0) is 20.3 Å². The van der Waals surface area contributed by atoms with E-state index >= 15 is 0 Å². The van der Waals surface area contributed by atoms with E-state index in [1.165, 1.54) is 0 Å². The molecule has 0 saturated heterocycles. The molecule has 1 amide bonds. The first kappa shape index (κ1) is 11.0. The Morgan fingerprint density at radius 2 is 2.17 bits per heavy atom. The molecule has 0 heterocycles. The smallest absolute Gasteiger partial charge is 0.239 e. The quantitative estimate of drug-likeness (QED) is 0.637. The summed E-state index contributed by atoms with van der Waals surface area (Å²) in [4.78, 5) is 13.1. The van der Waals surface area contributed by atoms with Crippen molar-refractivity contribution in [3.05, 3.63) is 0 Å². The van der Waals surface area contributed by atoms with E-state index in [9.17, 15) is 4.79 Å². The number of hydrogen-bond acceptors (Lipinski definition) is 2. The van der Waals surface area contributed by atoms with Crippen LogP contribution >= 0.6 is 0 Å². The van der Waals surface area contributed by atoms with Crippen LogP contribution in [0.1, 0.15) is 27.2 Å². The minimum atomic E-state index is -0.503. The fraction of sp³-hybridized carbons (Fsp3) is 0.778. The third-order valence-electron chi connectivity index (χ3n) is 1.75. The van der Waals surface area contributed by atoms with E-state index in [4.69, 9.17) is 5.26 Å². The van der Waals surface area contributed by atoms with Gasteiger partial charge in [0.1, 0.15) is 5.92 Å². The first-order valence-electron chi connectivity index (χ1n) is 4.35. The zero-order valence-corrected chi connectivity index (χ0v) is 8.00. The molecule has 68 valence electrons. The Hall–Kier alpha value is -1.04. The molecule has 0 spiro atoms. The van der Waals surface area contributed by atoms with Crippen LogP contribution in [-0.4, -0.2) is 23.9 Å². The van der Waals surface area contributed by atoms with Gasteiger partial charge in [-0.1, -0.05) is 6.92 Å². The van der Waals surface area contributed by atoms with Crippen LogP contribution in [0.5, 0.6) is 0 Å². The summed E-state index contributed by atoms with van der Waals surface area (Å²) in [6, 6.07) is 1.95. The highest BCUT2D eigenvalue weighted by Crippen LogP contribution is 2.01. The summed E-state index contributed by atoms with van der Waals surface area (Å²) in [6.07, 6.45) is 0.942. The Kier molecular flexibility index (Phi) is 5.11. The van der Waals surface area contributed by atoms with Crippen LogP contribution in [0, 0.1) is 17.2 Å². The van der Waals surface area contributed by atoms with Gasteiger partial charge in [0.05, 0.1) is 6.07 Å². The number of amides is 1. The third-order valence-corrected chi connectivity index (χ3v) is 1.75. The van der Waals surface area contributed by atoms with Gasteiger partial charge < -0.3 is 4.90 Å². The summed E-state index contributed by atoms with van der Waals surface area (Å²) in [7, 11) is 0. The molecule has 3 heteroatoms. The number of hydrogen-bond donors (Lipinski definition) is 0. The Balaban J connectivity index is 4.13. The molecule has 0 aromatic rings. The normalized spacial score (nSPS) is 11.8. The second-order valence-electron chi connectivity index (χ2n) is 2.77. The van der Waals surface area contributed by atoms with Gasteiger partial charge in [-0.15, -0.1) is 0 Å². The molecular weight excluding hydrogens is 152 g/mol. The lowest BCUT2D eigenvalue weighted by atomic mass is 10.2. The van der Waals surface area contributed by atoms with Gasteiger partial charge in [0, 0.05) is 13.1 Å². The maximum absolute atomic E-state index is 11.4. The van der Waals surface area contributed by atoms with Gasteiger partial charge in [-0.2, -0.15) is 5.26 Å². The van der Waals surface area contributed by atoms with Crippen LogP contribution < -0.4 is 0 Å². The van der Waals surface area contributed by atoms with E-state index in [1.54, 1.807) is 11.8 Å². The predicted octanol–water partition coefficient (Wildman–Crippen LogP) is 1.40. The van der Waals surface area contributed by atoms with Gasteiger partial charge >= 0.3 is 0 Å². The van der Waals surface area contributed by atoms with E-state index in [0.717, 1.165) is 13.0 Å². The fourth-order valence-electron chi connectivity index (χ4n) is 1.02. The highest BCUT2D eigenvalue weighted by Gasteiger charge is 2.17. The maximum atomic E-state index is 11.4. The molecule has 1 atom stereocenters. The summed E-state index contributed by atoms with van der Waals surface area (Å²) in [6.45, 7) is 7.03. The van der Waals surface area contributed by atoms with Crippen molar-refractivity contribution in [1.29, 1.82) is 5.26 Å². The van der Waals surface area contributed by atoms with Crippen molar-refractivity contribution in [3.63, 3.8) is 0 Å². The maximum Gasteiger partial charge on any atom is 0.239 e. The standard InChI is InChI=1S/C9H16N2O/c1-4-6-11(5-2)9(12)8(3)7-10/h8H,4-6H2,1-3H3. The zero-order chi connectivity index (χ0) is 9.56. The van der Waals surface area contributed by atoms with Crippen molar-refractivity contribution >= 4 is 5.91 Å². The first-order chi connectivity index (χ1) is 5.67. The molecule has 0 saturated carbocycles. The molecule has 0 N–H and O–H groups in total. The third kappa shape index (κ3) is 2.91. The molecule has 0 aliphatic rings. The van der Waals surface area contributed by atoms with E-state index in [0.29, 0.717) is 6.54 Å². The van der Waals surface area contributed by atoms with Gasteiger partial charge in [-0.25, -0.2) is 0 Å². The van der Waals surface area contributed by atoms with Crippen LogP contribution in [0.3, 0.4) is 0 Å². The Morgan fingerprint density at radius 1 is 1.58 bits per heavy atom. The van der Waals surface area contributed by atoms with E-state index in [2.05, 4.69) is 0 Å². The van der Waals surface area contributed by atoms with Crippen molar-refractivity contribution in [2.45, 2.75) is 27.2 Å². The molecule has 0 fully saturated rings. The predicted molar refractivity (Wildman–Crippen MR) is 47.3 cm³/mol. The second kappa shape index (κ2) is 5.59. The molecule has 0 aromatic heterocycles. The monoisotopic (exact) mass is 168 g/mol. The molecule has 0 rings (SSSR count). The van der Waals surface area contributed by atoms with E-state index in [-0.39, 0.29) is 5.91 Å². The van der Waals surface area contributed by atoms with Gasteiger partial charge in [0.25, 0.3) is 0 Å². The Bertz CT molecular complexity index is 183. The van der Waals surface area contributed by atoms with Crippen LogP contribution in [0.2, 0.25) is 0 Å². The number of carbonyl (C=O) groups is 1. The molecular formula is C9H16N2O. The largest absolute Gasteiger partial charge is 0.342 e. The van der Waals surface area contributed by atoms with Crippen LogP contribution in [0.25, 0.3) is 0 Å². The SMILES string of the molecule is CCCN(CC)C(=O)C(C)C#N. The van der Waals surface area contributed by atoms with Crippen molar-refractivity contribution in [2.24, 2.45) is 5.92 Å². The molecule has 0 aliphatic carbocycles. The summed E-state index contributed by atoms with van der Waals surface area (Å²) < 4.78 is 0. The highest BCUT2D eigenvalue weighted by atomic mass is 16.2. The van der Waals surface area contributed by atoms with Crippen molar-refractivity contribution in [2.75, 3.05) is 13.1 Å². The second-order valence-corrected chi connectivity index (χ2v) is 2.77. The average molecular weight is 168 g/mol.